The van der Waals surface area contributed by atoms with Crippen molar-refractivity contribution in [2.24, 2.45) is 5.73 Å². The Bertz CT molecular complexity index is 1600. The first-order chi connectivity index (χ1) is 16.9. The SMILES string of the molecule is C[N+](C)(C(N)=O)c1cc(CNC(=O)c2cnc(-c3ccc(F)cc3)c3[nH]ncc23)cc(S(C)(=O)=O)n1. The highest BCUT2D eigenvalue weighted by molar-refractivity contribution is 7.90. The number of quaternary nitrogens is 1. The molecule has 0 unspecified atom stereocenters. The molecular formula is C23H23FN7O4S+. The molecule has 36 heavy (non-hydrogen) atoms. The molecule has 0 fully saturated rings. The lowest BCUT2D eigenvalue weighted by molar-refractivity contribution is 0.0952. The highest BCUT2D eigenvalue weighted by Crippen LogP contribution is 2.27. The number of fused-ring (bicyclic) bond motifs is 1. The van der Waals surface area contributed by atoms with E-state index in [9.17, 15) is 22.4 Å². The molecule has 3 heterocycles. The Hall–Kier alpha value is -4.23. The number of carbonyl (C=O) groups is 2. The zero-order valence-corrected chi connectivity index (χ0v) is 20.4. The number of amides is 3. The Morgan fingerprint density at radius 3 is 2.47 bits per heavy atom. The number of hydrogen-bond donors (Lipinski definition) is 3. The van der Waals surface area contributed by atoms with Crippen LogP contribution in [0.2, 0.25) is 0 Å². The number of H-pyrrole nitrogens is 1. The largest absolute Gasteiger partial charge is 0.419 e. The lowest BCUT2D eigenvalue weighted by Gasteiger charge is -2.23. The molecular weight excluding hydrogens is 489 g/mol. The topological polar surface area (TPSA) is 161 Å². The van der Waals surface area contributed by atoms with Crippen molar-refractivity contribution in [3.63, 3.8) is 0 Å². The number of aromatic nitrogens is 4. The minimum Gasteiger partial charge on any atom is -0.348 e. The molecule has 0 spiro atoms. The van der Waals surface area contributed by atoms with Crippen molar-refractivity contribution in [1.82, 2.24) is 30.0 Å². The smallest absolute Gasteiger partial charge is 0.348 e. The van der Waals surface area contributed by atoms with Gasteiger partial charge in [-0.25, -0.2) is 17.6 Å². The molecule has 0 saturated carbocycles. The first-order valence-corrected chi connectivity index (χ1v) is 12.5. The summed E-state index contributed by atoms with van der Waals surface area (Å²) in [6.07, 6.45) is 3.87. The second-order valence-corrected chi connectivity index (χ2v) is 10.6. The van der Waals surface area contributed by atoms with Crippen molar-refractivity contribution < 1.29 is 22.4 Å². The van der Waals surface area contributed by atoms with Crippen LogP contribution >= 0.6 is 0 Å². The van der Waals surface area contributed by atoms with Crippen molar-refractivity contribution in [2.75, 3.05) is 20.4 Å². The highest BCUT2D eigenvalue weighted by atomic mass is 32.2. The van der Waals surface area contributed by atoms with Gasteiger partial charge in [0.05, 0.1) is 37.1 Å². The first-order valence-electron chi connectivity index (χ1n) is 10.6. The van der Waals surface area contributed by atoms with Gasteiger partial charge in [-0.3, -0.25) is 14.9 Å². The van der Waals surface area contributed by atoms with Crippen molar-refractivity contribution in [1.29, 1.82) is 0 Å². The van der Waals surface area contributed by atoms with Crippen LogP contribution in [-0.4, -0.2) is 60.9 Å². The van der Waals surface area contributed by atoms with Crippen LogP contribution < -0.4 is 15.5 Å². The molecule has 1 aromatic carbocycles. The fraction of sp³-hybridized carbons (Fsp3) is 0.174. The quantitative estimate of drug-likeness (QED) is 0.334. The molecule has 3 amide bonds. The predicted octanol–water partition coefficient (Wildman–Crippen LogP) is 2.14. The Morgan fingerprint density at radius 2 is 1.83 bits per heavy atom. The van der Waals surface area contributed by atoms with Crippen LogP contribution in [0, 0.1) is 5.82 Å². The Morgan fingerprint density at radius 1 is 1.14 bits per heavy atom. The van der Waals surface area contributed by atoms with Crippen LogP contribution in [0.5, 0.6) is 0 Å². The van der Waals surface area contributed by atoms with E-state index in [-0.39, 0.29) is 28.8 Å². The summed E-state index contributed by atoms with van der Waals surface area (Å²) in [5.41, 5.74) is 7.73. The first kappa shape index (κ1) is 24.9. The normalized spacial score (nSPS) is 12.0. The summed E-state index contributed by atoms with van der Waals surface area (Å²) in [7, 11) is -0.761. The zero-order valence-electron chi connectivity index (χ0n) is 19.6. The monoisotopic (exact) mass is 512 g/mol. The van der Waals surface area contributed by atoms with Gasteiger partial charge < -0.3 is 11.1 Å². The van der Waals surface area contributed by atoms with Crippen LogP contribution in [0.3, 0.4) is 0 Å². The number of rotatable bonds is 6. The average Bonchev–Trinajstić information content (AvgIpc) is 3.32. The molecule has 13 heteroatoms. The van der Waals surface area contributed by atoms with E-state index in [0.717, 1.165) is 6.26 Å². The van der Waals surface area contributed by atoms with Crippen LogP contribution in [-0.2, 0) is 16.4 Å². The molecule has 0 aliphatic heterocycles. The number of nitrogens with one attached hydrogen (secondary N) is 2. The van der Waals surface area contributed by atoms with E-state index in [0.29, 0.717) is 27.7 Å². The molecule has 0 saturated heterocycles. The maximum Gasteiger partial charge on any atom is 0.419 e. The fourth-order valence-corrected chi connectivity index (χ4v) is 4.08. The third-order valence-electron chi connectivity index (χ3n) is 5.66. The highest BCUT2D eigenvalue weighted by Gasteiger charge is 2.30. The molecule has 0 bridgehead atoms. The summed E-state index contributed by atoms with van der Waals surface area (Å²) in [6.45, 7) is -0.0608. The molecule has 0 atom stereocenters. The predicted molar refractivity (Wildman–Crippen MR) is 131 cm³/mol. The van der Waals surface area contributed by atoms with E-state index < -0.39 is 26.3 Å². The molecule has 186 valence electrons. The Balaban J connectivity index is 1.65. The summed E-state index contributed by atoms with van der Waals surface area (Å²) in [4.78, 5) is 33.4. The Labute approximate surface area is 205 Å². The van der Waals surface area contributed by atoms with Crippen molar-refractivity contribution in [3.05, 3.63) is 65.7 Å². The van der Waals surface area contributed by atoms with Gasteiger partial charge in [-0.2, -0.15) is 14.6 Å². The van der Waals surface area contributed by atoms with E-state index in [4.69, 9.17) is 5.73 Å². The lowest BCUT2D eigenvalue weighted by atomic mass is 10.1. The second kappa shape index (κ2) is 9.09. The number of urea groups is 1. The number of benzene rings is 1. The number of pyridine rings is 2. The van der Waals surface area contributed by atoms with Crippen molar-refractivity contribution in [2.45, 2.75) is 11.6 Å². The molecule has 0 aliphatic rings. The molecule has 3 aromatic heterocycles. The number of primary amides is 1. The molecule has 4 N–H and O–H groups in total. The number of aromatic amines is 1. The second-order valence-electron chi connectivity index (χ2n) is 8.60. The summed E-state index contributed by atoms with van der Waals surface area (Å²) < 4.78 is 37.2. The third-order valence-corrected chi connectivity index (χ3v) is 6.63. The van der Waals surface area contributed by atoms with Gasteiger partial charge in [-0.05, 0) is 35.9 Å². The van der Waals surface area contributed by atoms with Crippen molar-refractivity contribution in [3.8, 4) is 11.3 Å². The summed E-state index contributed by atoms with van der Waals surface area (Å²) in [5, 5.41) is 9.83. The molecule has 4 rings (SSSR count). The molecule has 11 nitrogen and oxygen atoms in total. The van der Waals surface area contributed by atoms with Gasteiger partial charge >= 0.3 is 6.03 Å². The number of sulfone groups is 1. The van der Waals surface area contributed by atoms with E-state index in [1.54, 1.807) is 12.1 Å². The van der Waals surface area contributed by atoms with Gasteiger partial charge in [0.2, 0.25) is 5.82 Å². The van der Waals surface area contributed by atoms with Gasteiger partial charge in [-0.15, -0.1) is 0 Å². The fourth-order valence-electron chi connectivity index (χ4n) is 3.45. The van der Waals surface area contributed by atoms with Crippen LogP contribution in [0.4, 0.5) is 15.0 Å². The standard InChI is InChI=1S/C23H22FN7O4S/c1-31(2,23(25)33)18-8-13(9-19(29-18)36(3,34)35)10-27-22(32)17-11-26-20(21-16(17)12-28-30-21)14-4-6-15(24)7-5-14/h4-9,11-12H,10H2,1-3H3,(H3-,25,26,27,28,30,32,33)/p+1. The number of hydrogen-bond acceptors (Lipinski definition) is 7. The number of carbonyl (C=O) groups excluding carboxylic acids is 2. The summed E-state index contributed by atoms with van der Waals surface area (Å²) in [6, 6.07) is 7.86. The maximum absolute atomic E-state index is 13.3. The minimum atomic E-state index is -3.71. The van der Waals surface area contributed by atoms with Gasteiger partial charge in [0.15, 0.2) is 14.9 Å². The minimum absolute atomic E-state index is 0.0608. The third kappa shape index (κ3) is 4.78. The summed E-state index contributed by atoms with van der Waals surface area (Å²) in [5.74, 6) is -0.758. The van der Waals surface area contributed by atoms with Crippen LogP contribution in [0.15, 0.2) is 53.8 Å². The van der Waals surface area contributed by atoms with Gasteiger partial charge in [0.25, 0.3) is 5.91 Å². The van der Waals surface area contributed by atoms with Gasteiger partial charge in [-0.1, -0.05) is 0 Å². The molecule has 4 aromatic rings. The van der Waals surface area contributed by atoms with E-state index >= 15 is 0 Å². The van der Waals surface area contributed by atoms with Gasteiger partial charge in [0, 0.05) is 36.0 Å². The van der Waals surface area contributed by atoms with E-state index in [1.165, 1.54) is 50.8 Å². The van der Waals surface area contributed by atoms with E-state index in [1.807, 2.05) is 0 Å². The van der Waals surface area contributed by atoms with Crippen LogP contribution in [0.1, 0.15) is 15.9 Å². The number of nitrogens with zero attached hydrogens (tertiary/aromatic N) is 4. The van der Waals surface area contributed by atoms with Gasteiger partial charge in [0.1, 0.15) is 5.82 Å². The average molecular weight is 513 g/mol. The Kier molecular flexibility index (Phi) is 6.28. The number of halogens is 1. The van der Waals surface area contributed by atoms with Crippen molar-refractivity contribution >= 4 is 38.5 Å². The zero-order chi connectivity index (χ0) is 26.3. The van der Waals surface area contributed by atoms with Crippen LogP contribution in [0.25, 0.3) is 22.2 Å². The molecule has 0 radical (unpaired) electrons. The number of nitrogens with two attached hydrogens (primary N) is 1. The van der Waals surface area contributed by atoms with E-state index in [2.05, 4.69) is 25.5 Å². The lowest BCUT2D eigenvalue weighted by Crippen LogP contribution is -2.50. The summed E-state index contributed by atoms with van der Waals surface area (Å²) >= 11 is 0. The maximum atomic E-state index is 13.3. The molecule has 0 aliphatic carbocycles.